The second-order valence-corrected chi connectivity index (χ2v) is 4.70. The van der Waals surface area contributed by atoms with Crippen LogP contribution in [0.15, 0.2) is 24.3 Å². The zero-order chi connectivity index (χ0) is 12.0. The molecule has 0 radical (unpaired) electrons. The maximum Gasteiger partial charge on any atom is 0.0401 e. The van der Waals surface area contributed by atoms with E-state index in [4.69, 9.17) is 0 Å². The molecular formula is C15H25N. The van der Waals surface area contributed by atoms with E-state index >= 15 is 0 Å². The normalized spacial score (nSPS) is 10.8. The van der Waals surface area contributed by atoms with Gasteiger partial charge in [0.05, 0.1) is 0 Å². The van der Waals surface area contributed by atoms with E-state index in [1.54, 1.807) is 0 Å². The average Bonchev–Trinajstić information content (AvgIpc) is 2.29. The third-order valence-electron chi connectivity index (χ3n) is 2.89. The summed E-state index contributed by atoms with van der Waals surface area (Å²) in [5.74, 6) is 0.604. The fraction of sp³-hybridized carbons (Fsp3) is 0.600. The maximum absolute atomic E-state index is 2.52. The minimum atomic E-state index is 0.604. The lowest BCUT2D eigenvalue weighted by molar-refractivity contribution is 0.732. The molecule has 0 aliphatic carbocycles. The average molecular weight is 219 g/mol. The minimum absolute atomic E-state index is 0.604. The summed E-state index contributed by atoms with van der Waals surface area (Å²) in [5.41, 5.74) is 2.91. The molecule has 0 heterocycles. The Hall–Kier alpha value is -0.980. The first-order valence-corrected chi connectivity index (χ1v) is 6.54. The van der Waals surface area contributed by atoms with Crippen LogP contribution in [0.3, 0.4) is 0 Å². The van der Waals surface area contributed by atoms with E-state index < -0.39 is 0 Å². The first kappa shape index (κ1) is 13.1. The number of para-hydroxylation sites is 1. The Balaban J connectivity index is 2.97. The zero-order valence-electron chi connectivity index (χ0n) is 11.2. The SMILES string of the molecule is CCCN(CCC)c1ccccc1C(C)C. The summed E-state index contributed by atoms with van der Waals surface area (Å²) in [6.07, 6.45) is 2.43. The Morgan fingerprint density at radius 3 is 2.06 bits per heavy atom. The van der Waals surface area contributed by atoms with Crippen molar-refractivity contribution in [3.05, 3.63) is 29.8 Å². The molecule has 0 aliphatic rings. The van der Waals surface area contributed by atoms with Gasteiger partial charge < -0.3 is 4.90 Å². The molecule has 0 aromatic heterocycles. The molecular weight excluding hydrogens is 194 g/mol. The van der Waals surface area contributed by atoms with Gasteiger partial charge >= 0.3 is 0 Å². The lowest BCUT2D eigenvalue weighted by Gasteiger charge is -2.27. The van der Waals surface area contributed by atoms with Crippen LogP contribution >= 0.6 is 0 Å². The molecule has 0 saturated carbocycles. The number of nitrogens with zero attached hydrogens (tertiary/aromatic N) is 1. The molecule has 1 heteroatoms. The molecule has 16 heavy (non-hydrogen) atoms. The predicted molar refractivity (Wildman–Crippen MR) is 73.3 cm³/mol. The van der Waals surface area contributed by atoms with Crippen molar-refractivity contribution in [2.24, 2.45) is 0 Å². The van der Waals surface area contributed by atoms with E-state index in [0.29, 0.717) is 5.92 Å². The van der Waals surface area contributed by atoms with E-state index in [1.807, 2.05) is 0 Å². The summed E-state index contributed by atoms with van der Waals surface area (Å²) in [6.45, 7) is 11.4. The minimum Gasteiger partial charge on any atom is -0.371 e. The molecule has 0 atom stereocenters. The quantitative estimate of drug-likeness (QED) is 0.684. The van der Waals surface area contributed by atoms with Gasteiger partial charge in [-0.15, -0.1) is 0 Å². The van der Waals surface area contributed by atoms with Crippen molar-refractivity contribution in [3.63, 3.8) is 0 Å². The molecule has 1 nitrogen and oxygen atoms in total. The van der Waals surface area contributed by atoms with Crippen LogP contribution in [-0.2, 0) is 0 Å². The highest BCUT2D eigenvalue weighted by molar-refractivity contribution is 5.54. The molecule has 0 spiro atoms. The lowest BCUT2D eigenvalue weighted by Crippen LogP contribution is -2.26. The first-order chi connectivity index (χ1) is 7.70. The monoisotopic (exact) mass is 219 g/mol. The van der Waals surface area contributed by atoms with Crippen LogP contribution in [-0.4, -0.2) is 13.1 Å². The van der Waals surface area contributed by atoms with E-state index in [1.165, 1.54) is 24.1 Å². The van der Waals surface area contributed by atoms with Crippen LogP contribution in [0.1, 0.15) is 52.0 Å². The number of hydrogen-bond donors (Lipinski definition) is 0. The molecule has 0 fully saturated rings. The number of hydrogen-bond acceptors (Lipinski definition) is 1. The van der Waals surface area contributed by atoms with Gasteiger partial charge in [0.25, 0.3) is 0 Å². The first-order valence-electron chi connectivity index (χ1n) is 6.54. The van der Waals surface area contributed by atoms with Crippen LogP contribution in [0.4, 0.5) is 5.69 Å². The van der Waals surface area contributed by atoms with Crippen molar-refractivity contribution in [1.82, 2.24) is 0 Å². The third-order valence-corrected chi connectivity index (χ3v) is 2.89. The summed E-state index contributed by atoms with van der Waals surface area (Å²) >= 11 is 0. The second kappa shape index (κ2) is 6.57. The Labute approximate surface area is 100 Å². The molecule has 1 aromatic carbocycles. The van der Waals surface area contributed by atoms with Gasteiger partial charge in [-0.05, 0) is 30.4 Å². The van der Waals surface area contributed by atoms with Crippen LogP contribution in [0.2, 0.25) is 0 Å². The van der Waals surface area contributed by atoms with Crippen molar-refractivity contribution >= 4 is 5.69 Å². The van der Waals surface area contributed by atoms with Gasteiger partial charge in [-0.25, -0.2) is 0 Å². The number of rotatable bonds is 6. The number of anilines is 1. The third kappa shape index (κ3) is 3.26. The summed E-state index contributed by atoms with van der Waals surface area (Å²) in [6, 6.07) is 8.83. The van der Waals surface area contributed by atoms with Crippen LogP contribution in [0, 0.1) is 0 Å². The Morgan fingerprint density at radius 1 is 1.00 bits per heavy atom. The van der Waals surface area contributed by atoms with Crippen molar-refractivity contribution in [2.75, 3.05) is 18.0 Å². The molecule has 0 unspecified atom stereocenters. The van der Waals surface area contributed by atoms with Gasteiger partial charge in [-0.1, -0.05) is 45.9 Å². The highest BCUT2D eigenvalue weighted by Crippen LogP contribution is 2.27. The van der Waals surface area contributed by atoms with E-state index in [-0.39, 0.29) is 0 Å². The molecule has 0 aliphatic heterocycles. The number of benzene rings is 1. The smallest absolute Gasteiger partial charge is 0.0401 e. The fourth-order valence-electron chi connectivity index (χ4n) is 2.16. The topological polar surface area (TPSA) is 3.24 Å². The second-order valence-electron chi connectivity index (χ2n) is 4.70. The zero-order valence-corrected chi connectivity index (χ0v) is 11.2. The van der Waals surface area contributed by atoms with E-state index in [2.05, 4.69) is 56.9 Å². The lowest BCUT2D eigenvalue weighted by atomic mass is 10.0. The Bertz CT molecular complexity index is 298. The molecule has 0 saturated heterocycles. The van der Waals surface area contributed by atoms with Crippen molar-refractivity contribution < 1.29 is 0 Å². The fourth-order valence-corrected chi connectivity index (χ4v) is 2.16. The van der Waals surface area contributed by atoms with Crippen molar-refractivity contribution in [2.45, 2.75) is 46.5 Å². The summed E-state index contributed by atoms with van der Waals surface area (Å²) in [4.78, 5) is 2.52. The Morgan fingerprint density at radius 2 is 1.56 bits per heavy atom. The largest absolute Gasteiger partial charge is 0.371 e. The predicted octanol–water partition coefficient (Wildman–Crippen LogP) is 4.44. The van der Waals surface area contributed by atoms with E-state index in [0.717, 1.165) is 13.1 Å². The van der Waals surface area contributed by atoms with Gasteiger partial charge in [0.15, 0.2) is 0 Å². The maximum atomic E-state index is 2.52. The molecule has 0 amide bonds. The molecule has 1 aromatic rings. The van der Waals surface area contributed by atoms with Crippen LogP contribution < -0.4 is 4.90 Å². The van der Waals surface area contributed by atoms with Crippen LogP contribution in [0.25, 0.3) is 0 Å². The Kier molecular flexibility index (Phi) is 5.37. The molecule has 0 N–H and O–H groups in total. The molecule has 1 rings (SSSR count). The highest BCUT2D eigenvalue weighted by atomic mass is 15.1. The molecule has 90 valence electrons. The standard InChI is InChI=1S/C15H25N/c1-5-11-16(12-6-2)15-10-8-7-9-14(15)13(3)4/h7-10,13H,5-6,11-12H2,1-4H3. The highest BCUT2D eigenvalue weighted by Gasteiger charge is 2.11. The van der Waals surface area contributed by atoms with E-state index in [9.17, 15) is 0 Å². The molecule has 0 bridgehead atoms. The summed E-state index contributed by atoms with van der Waals surface area (Å²) in [7, 11) is 0. The van der Waals surface area contributed by atoms with Crippen molar-refractivity contribution in [3.8, 4) is 0 Å². The van der Waals surface area contributed by atoms with Gasteiger partial charge in [0.1, 0.15) is 0 Å². The summed E-state index contributed by atoms with van der Waals surface area (Å²) < 4.78 is 0. The van der Waals surface area contributed by atoms with Crippen LogP contribution in [0.5, 0.6) is 0 Å². The van der Waals surface area contributed by atoms with Crippen molar-refractivity contribution in [1.29, 1.82) is 0 Å². The van der Waals surface area contributed by atoms with Gasteiger partial charge in [-0.3, -0.25) is 0 Å². The van der Waals surface area contributed by atoms with Gasteiger partial charge in [-0.2, -0.15) is 0 Å². The van der Waals surface area contributed by atoms with Gasteiger partial charge in [0, 0.05) is 18.8 Å². The summed E-state index contributed by atoms with van der Waals surface area (Å²) in [5, 5.41) is 0. The van der Waals surface area contributed by atoms with Gasteiger partial charge in [0.2, 0.25) is 0 Å².